The number of aliphatic carboxylic acids is 1. The van der Waals surface area contributed by atoms with E-state index < -0.39 is 48.7 Å². The van der Waals surface area contributed by atoms with Crippen LogP contribution in [-0.2, 0) is 9.53 Å². The Morgan fingerprint density at radius 1 is 1.16 bits per heavy atom. The number of halogens is 3. The highest BCUT2D eigenvalue weighted by Gasteiger charge is 2.62. The molecule has 0 saturated carbocycles. The van der Waals surface area contributed by atoms with Gasteiger partial charge < -0.3 is 9.84 Å². The van der Waals surface area contributed by atoms with Crippen LogP contribution in [0, 0.1) is 0 Å². The van der Waals surface area contributed by atoms with Gasteiger partial charge in [-0.2, -0.15) is 0 Å². The molecule has 166 valence electrons. The number of rotatable bonds is 7. The van der Waals surface area contributed by atoms with Gasteiger partial charge in [0.1, 0.15) is 0 Å². The van der Waals surface area contributed by atoms with E-state index in [0.29, 0.717) is 17.7 Å². The van der Waals surface area contributed by atoms with Gasteiger partial charge in [0.2, 0.25) is 0 Å². The van der Waals surface area contributed by atoms with E-state index in [9.17, 15) is 28.3 Å². The number of ketones is 1. The topological polar surface area (TPSA) is 83.9 Å². The van der Waals surface area contributed by atoms with Crippen LogP contribution in [0.4, 0.5) is 13.6 Å². The molecule has 0 spiro atoms. The number of carbonyl (C=O) groups is 3. The van der Waals surface area contributed by atoms with Gasteiger partial charge in [-0.3, -0.25) is 9.69 Å². The minimum atomic E-state index is -3.45. The minimum absolute atomic E-state index is 0.0126. The standard InChI is InChI=1S/C22H22BrF2NO5/c1-2-3-8-31-20(30)26-13-22(24,25)12-21(26,19(28)29)11-18(27)16-5-4-15-10-17(23)7-6-14(15)9-16/h4-7,9-10H,2-3,8,11-13H2,1H3,(H,28,29). The van der Waals surface area contributed by atoms with Gasteiger partial charge in [0.05, 0.1) is 13.2 Å². The molecule has 1 aliphatic rings. The van der Waals surface area contributed by atoms with Gasteiger partial charge in [-0.05, 0) is 35.4 Å². The normalized spacial score (nSPS) is 20.1. The zero-order valence-corrected chi connectivity index (χ0v) is 18.5. The number of carboxylic acid groups (broad SMARTS) is 1. The van der Waals surface area contributed by atoms with Gasteiger partial charge in [0, 0.05) is 22.9 Å². The summed E-state index contributed by atoms with van der Waals surface area (Å²) in [6.07, 6.45) is -1.84. The number of fused-ring (bicyclic) bond motifs is 1. The lowest BCUT2D eigenvalue weighted by Gasteiger charge is -2.32. The average molecular weight is 498 g/mol. The number of amides is 1. The molecule has 1 aliphatic heterocycles. The maximum atomic E-state index is 14.3. The predicted molar refractivity (Wildman–Crippen MR) is 113 cm³/mol. The first-order chi connectivity index (χ1) is 14.6. The molecule has 2 aromatic carbocycles. The maximum Gasteiger partial charge on any atom is 0.410 e. The van der Waals surface area contributed by atoms with Gasteiger partial charge in [-0.1, -0.05) is 47.5 Å². The van der Waals surface area contributed by atoms with Crippen LogP contribution < -0.4 is 0 Å². The Kier molecular flexibility index (Phi) is 6.64. The first-order valence-corrected chi connectivity index (χ1v) is 10.7. The first-order valence-electron chi connectivity index (χ1n) is 9.86. The molecule has 1 saturated heterocycles. The van der Waals surface area contributed by atoms with Crippen molar-refractivity contribution in [3.63, 3.8) is 0 Å². The Labute approximate surface area is 186 Å². The molecule has 0 radical (unpaired) electrons. The predicted octanol–water partition coefficient (Wildman–Crippen LogP) is 5.28. The van der Waals surface area contributed by atoms with Crippen LogP contribution in [0.2, 0.25) is 0 Å². The molecule has 1 heterocycles. The van der Waals surface area contributed by atoms with Crippen molar-refractivity contribution in [2.45, 2.75) is 44.1 Å². The number of hydrogen-bond acceptors (Lipinski definition) is 4. The Morgan fingerprint density at radius 2 is 1.84 bits per heavy atom. The quantitative estimate of drug-likeness (QED) is 0.415. The zero-order chi connectivity index (χ0) is 22.8. The number of hydrogen-bond donors (Lipinski definition) is 1. The van der Waals surface area contributed by atoms with Crippen molar-refractivity contribution in [3.05, 3.63) is 46.4 Å². The van der Waals surface area contributed by atoms with Gasteiger partial charge in [-0.15, -0.1) is 0 Å². The number of nitrogens with zero attached hydrogens (tertiary/aromatic N) is 1. The lowest BCUT2D eigenvalue weighted by atomic mass is 9.87. The van der Waals surface area contributed by atoms with E-state index >= 15 is 0 Å². The largest absolute Gasteiger partial charge is 0.479 e. The molecule has 6 nitrogen and oxygen atoms in total. The molecule has 1 amide bonds. The summed E-state index contributed by atoms with van der Waals surface area (Å²) in [7, 11) is 0. The first kappa shape index (κ1) is 23.1. The van der Waals surface area contributed by atoms with Crippen molar-refractivity contribution in [2.75, 3.05) is 13.2 Å². The summed E-state index contributed by atoms with van der Waals surface area (Å²) in [6, 6.07) is 10.2. The molecule has 0 aromatic heterocycles. The number of likely N-dealkylation sites (tertiary alicyclic amines) is 1. The van der Waals surface area contributed by atoms with Crippen LogP contribution in [0.15, 0.2) is 40.9 Å². The molecular formula is C22H22BrF2NO5. The summed E-state index contributed by atoms with van der Waals surface area (Å²) in [5, 5.41) is 11.4. The Morgan fingerprint density at radius 3 is 2.52 bits per heavy atom. The van der Waals surface area contributed by atoms with E-state index in [1.165, 1.54) is 6.07 Å². The van der Waals surface area contributed by atoms with Crippen molar-refractivity contribution < 1.29 is 33.0 Å². The number of benzene rings is 2. The second-order valence-electron chi connectivity index (χ2n) is 7.73. The van der Waals surface area contributed by atoms with E-state index in [0.717, 1.165) is 15.2 Å². The molecular weight excluding hydrogens is 476 g/mol. The van der Waals surface area contributed by atoms with E-state index in [4.69, 9.17) is 4.74 Å². The molecule has 1 unspecified atom stereocenters. The third-order valence-corrected chi connectivity index (χ3v) is 5.87. The molecule has 1 atom stereocenters. The summed E-state index contributed by atoms with van der Waals surface area (Å²) in [5.74, 6) is -5.75. The highest BCUT2D eigenvalue weighted by molar-refractivity contribution is 9.10. The summed E-state index contributed by atoms with van der Waals surface area (Å²) in [6.45, 7) is 0.741. The van der Waals surface area contributed by atoms with E-state index in [-0.39, 0.29) is 12.2 Å². The highest BCUT2D eigenvalue weighted by Crippen LogP contribution is 2.43. The number of carbonyl (C=O) groups excluding carboxylic acids is 2. The Balaban J connectivity index is 1.91. The Bertz CT molecular complexity index is 1030. The van der Waals surface area contributed by atoms with E-state index in [2.05, 4.69) is 15.9 Å². The fraction of sp³-hybridized carbons (Fsp3) is 0.409. The van der Waals surface area contributed by atoms with Crippen LogP contribution in [0.5, 0.6) is 0 Å². The number of carboxylic acids is 1. The van der Waals surface area contributed by atoms with Gasteiger partial charge in [0.15, 0.2) is 11.3 Å². The van der Waals surface area contributed by atoms with Crippen molar-refractivity contribution in [2.24, 2.45) is 0 Å². The smallest absolute Gasteiger partial charge is 0.410 e. The summed E-state index contributed by atoms with van der Waals surface area (Å²) in [4.78, 5) is 38.0. The van der Waals surface area contributed by atoms with Crippen LogP contribution in [0.25, 0.3) is 10.8 Å². The lowest BCUT2D eigenvalue weighted by molar-refractivity contribution is -0.149. The van der Waals surface area contributed by atoms with Crippen LogP contribution in [0.1, 0.15) is 43.0 Å². The third-order valence-electron chi connectivity index (χ3n) is 5.38. The third kappa shape index (κ3) is 4.87. The molecule has 0 bridgehead atoms. The number of unbranched alkanes of at least 4 members (excludes halogenated alkanes) is 1. The molecule has 31 heavy (non-hydrogen) atoms. The fourth-order valence-electron chi connectivity index (χ4n) is 3.77. The van der Waals surface area contributed by atoms with E-state index in [1.807, 2.05) is 13.0 Å². The summed E-state index contributed by atoms with van der Waals surface area (Å²) < 4.78 is 34.4. The van der Waals surface area contributed by atoms with Gasteiger partial charge >= 0.3 is 12.1 Å². The number of Topliss-reactive ketones (excluding diaryl/α,β-unsaturated/α-hetero) is 1. The van der Waals surface area contributed by atoms with Crippen LogP contribution >= 0.6 is 15.9 Å². The zero-order valence-electron chi connectivity index (χ0n) is 16.9. The van der Waals surface area contributed by atoms with Crippen molar-refractivity contribution in [1.82, 2.24) is 4.90 Å². The van der Waals surface area contributed by atoms with Crippen LogP contribution in [-0.4, -0.2) is 52.5 Å². The summed E-state index contributed by atoms with van der Waals surface area (Å²) >= 11 is 3.36. The lowest BCUT2D eigenvalue weighted by Crippen LogP contribution is -2.54. The van der Waals surface area contributed by atoms with Crippen LogP contribution in [0.3, 0.4) is 0 Å². The fourth-order valence-corrected chi connectivity index (χ4v) is 4.14. The monoisotopic (exact) mass is 497 g/mol. The SMILES string of the molecule is CCCCOC(=O)N1CC(F)(F)CC1(CC(=O)c1ccc2cc(Br)ccc2c1)C(=O)O. The minimum Gasteiger partial charge on any atom is -0.479 e. The molecule has 3 rings (SSSR count). The maximum absolute atomic E-state index is 14.3. The second kappa shape index (κ2) is 8.90. The van der Waals surface area contributed by atoms with Crippen molar-refractivity contribution in [3.8, 4) is 0 Å². The van der Waals surface area contributed by atoms with E-state index in [1.54, 1.807) is 24.3 Å². The van der Waals surface area contributed by atoms with Crippen molar-refractivity contribution in [1.29, 1.82) is 0 Å². The van der Waals surface area contributed by atoms with Gasteiger partial charge in [0.25, 0.3) is 5.92 Å². The number of ether oxygens (including phenoxy) is 1. The molecule has 2 aromatic rings. The molecule has 9 heteroatoms. The highest BCUT2D eigenvalue weighted by atomic mass is 79.9. The average Bonchev–Trinajstić information content (AvgIpc) is 2.99. The molecule has 1 N–H and O–H groups in total. The number of alkyl halides is 2. The molecule has 1 fully saturated rings. The van der Waals surface area contributed by atoms with Gasteiger partial charge in [-0.25, -0.2) is 18.4 Å². The molecule has 0 aliphatic carbocycles. The Hall–Kier alpha value is -2.55. The van der Waals surface area contributed by atoms with Crippen molar-refractivity contribution >= 4 is 44.5 Å². The second-order valence-corrected chi connectivity index (χ2v) is 8.65. The summed E-state index contributed by atoms with van der Waals surface area (Å²) in [5.41, 5.74) is -2.19.